The van der Waals surface area contributed by atoms with Crippen LogP contribution in [0.3, 0.4) is 0 Å². The van der Waals surface area contributed by atoms with Gasteiger partial charge in [-0.15, -0.1) is 0 Å². The number of nitrogens with zero attached hydrogens (tertiary/aromatic N) is 1. The Morgan fingerprint density at radius 2 is 1.05 bits per heavy atom. The van der Waals surface area contributed by atoms with Gasteiger partial charge in [-0.3, -0.25) is 0 Å². The molecule has 0 bridgehead atoms. The van der Waals surface area contributed by atoms with E-state index in [1.165, 1.54) is 11.1 Å². The lowest BCUT2D eigenvalue weighted by Crippen LogP contribution is -1.88. The van der Waals surface area contributed by atoms with Crippen molar-refractivity contribution in [2.24, 2.45) is 0 Å². The summed E-state index contributed by atoms with van der Waals surface area (Å²) in [6, 6.07) is 12.1. The van der Waals surface area contributed by atoms with Crippen molar-refractivity contribution in [3.05, 3.63) is 48.2 Å². The van der Waals surface area contributed by atoms with E-state index in [1.54, 1.807) is 6.20 Å². The van der Waals surface area contributed by atoms with Crippen LogP contribution >= 0.6 is 0 Å². The van der Waals surface area contributed by atoms with E-state index in [9.17, 15) is 0 Å². The number of hydrogen-bond donors (Lipinski definition) is 1. The summed E-state index contributed by atoms with van der Waals surface area (Å²) in [7, 11) is 0. The molecule has 2 N–H and O–H groups in total. The largest absolute Gasteiger partial charge is 0.384 e. The Morgan fingerprint density at radius 1 is 0.636 bits per heavy atom. The predicted octanol–water partition coefficient (Wildman–Crippen LogP) is 6.74. The quantitative estimate of drug-likeness (QED) is 0.633. The Labute approximate surface area is 138 Å². The first-order valence-corrected chi connectivity index (χ1v) is 8.54. The second kappa shape index (κ2) is 19.2. The topological polar surface area (TPSA) is 38.9 Å². The molecule has 0 saturated heterocycles. The second-order valence-corrected chi connectivity index (χ2v) is 3.34. The van der Waals surface area contributed by atoms with Gasteiger partial charge in [-0.1, -0.05) is 85.2 Å². The van der Waals surface area contributed by atoms with Gasteiger partial charge in [0.1, 0.15) is 5.82 Å². The molecular formula is C20H36N2. The minimum atomic E-state index is 0.556. The number of nitrogen functional groups attached to an aromatic ring is 1. The number of anilines is 1. The van der Waals surface area contributed by atoms with Gasteiger partial charge in [-0.05, 0) is 24.6 Å². The number of rotatable bonds is 1. The molecule has 1 aromatic heterocycles. The molecule has 0 aliphatic carbocycles. The van der Waals surface area contributed by atoms with Gasteiger partial charge in [0.05, 0.1) is 0 Å². The molecular weight excluding hydrogens is 268 g/mol. The standard InChI is InChI=1S/C12H12N2.4C2H6/c1-9-2-4-10(5-3-9)11-6-7-12(13)14-8-11;4*1-2/h2-8H,1H3,(H2,13,14);4*1-2H3. The average molecular weight is 305 g/mol. The van der Waals surface area contributed by atoms with Gasteiger partial charge in [0.2, 0.25) is 0 Å². The van der Waals surface area contributed by atoms with Crippen LogP contribution in [0, 0.1) is 6.92 Å². The number of pyridine rings is 1. The second-order valence-electron chi connectivity index (χ2n) is 3.34. The summed E-state index contributed by atoms with van der Waals surface area (Å²) in [5.74, 6) is 0.556. The highest BCUT2D eigenvalue weighted by molar-refractivity contribution is 5.63. The Kier molecular flexibility index (Phi) is 21.9. The van der Waals surface area contributed by atoms with E-state index in [1.807, 2.05) is 67.5 Å². The van der Waals surface area contributed by atoms with Crippen LogP contribution in [0.25, 0.3) is 11.1 Å². The number of benzene rings is 1. The first kappa shape index (κ1) is 25.1. The molecule has 1 heterocycles. The van der Waals surface area contributed by atoms with Gasteiger partial charge in [0, 0.05) is 11.8 Å². The molecule has 2 nitrogen and oxygen atoms in total. The molecule has 0 aliphatic heterocycles. The van der Waals surface area contributed by atoms with Gasteiger partial charge in [-0.25, -0.2) is 4.98 Å². The minimum Gasteiger partial charge on any atom is -0.384 e. The first-order valence-electron chi connectivity index (χ1n) is 8.54. The van der Waals surface area contributed by atoms with Crippen LogP contribution in [0.4, 0.5) is 5.82 Å². The highest BCUT2D eigenvalue weighted by atomic mass is 14.8. The normalized spacial score (nSPS) is 7.50. The van der Waals surface area contributed by atoms with Crippen molar-refractivity contribution < 1.29 is 0 Å². The van der Waals surface area contributed by atoms with Crippen LogP contribution in [-0.2, 0) is 0 Å². The van der Waals surface area contributed by atoms with E-state index in [0.29, 0.717) is 5.82 Å². The van der Waals surface area contributed by atoms with Gasteiger partial charge in [0.15, 0.2) is 0 Å². The SMILES string of the molecule is CC.CC.CC.CC.Cc1ccc(-c2ccc(N)nc2)cc1. The van der Waals surface area contributed by atoms with Gasteiger partial charge in [-0.2, -0.15) is 0 Å². The van der Waals surface area contributed by atoms with Crippen LogP contribution in [0.5, 0.6) is 0 Å². The van der Waals surface area contributed by atoms with Crippen LogP contribution in [0.2, 0.25) is 0 Å². The molecule has 2 aromatic rings. The lowest BCUT2D eigenvalue weighted by molar-refractivity contribution is 1.33. The number of hydrogen-bond acceptors (Lipinski definition) is 2. The molecule has 22 heavy (non-hydrogen) atoms. The molecule has 0 spiro atoms. The Morgan fingerprint density at radius 3 is 1.41 bits per heavy atom. The van der Waals surface area contributed by atoms with E-state index in [-0.39, 0.29) is 0 Å². The van der Waals surface area contributed by atoms with Crippen molar-refractivity contribution in [1.29, 1.82) is 0 Å². The maximum absolute atomic E-state index is 5.52. The third-order valence-corrected chi connectivity index (χ3v) is 2.17. The Hall–Kier alpha value is -1.83. The summed E-state index contributed by atoms with van der Waals surface area (Å²) in [4.78, 5) is 4.06. The van der Waals surface area contributed by atoms with E-state index < -0.39 is 0 Å². The maximum Gasteiger partial charge on any atom is 0.123 e. The third kappa shape index (κ3) is 10.9. The Balaban J connectivity index is -0.000000394. The van der Waals surface area contributed by atoms with Gasteiger partial charge >= 0.3 is 0 Å². The van der Waals surface area contributed by atoms with E-state index in [0.717, 1.165) is 5.56 Å². The molecule has 0 atom stereocenters. The number of aryl methyl sites for hydroxylation is 1. The van der Waals surface area contributed by atoms with Crippen LogP contribution in [-0.4, -0.2) is 4.98 Å². The highest BCUT2D eigenvalue weighted by Crippen LogP contribution is 2.19. The minimum absolute atomic E-state index is 0.556. The van der Waals surface area contributed by atoms with E-state index >= 15 is 0 Å². The Bertz CT molecular complexity index is 373. The van der Waals surface area contributed by atoms with Crippen LogP contribution in [0.1, 0.15) is 61.0 Å². The lowest BCUT2D eigenvalue weighted by Gasteiger charge is -2.01. The van der Waals surface area contributed by atoms with Gasteiger partial charge in [0.25, 0.3) is 0 Å². The molecule has 0 amide bonds. The predicted molar refractivity (Wildman–Crippen MR) is 104 cm³/mol. The van der Waals surface area contributed by atoms with Crippen LogP contribution in [0.15, 0.2) is 42.6 Å². The van der Waals surface area contributed by atoms with Crippen LogP contribution < -0.4 is 5.73 Å². The first-order chi connectivity index (χ1) is 10.8. The zero-order valence-corrected chi connectivity index (χ0v) is 16.1. The van der Waals surface area contributed by atoms with Crippen molar-refractivity contribution >= 4 is 5.82 Å². The smallest absolute Gasteiger partial charge is 0.123 e. The summed E-state index contributed by atoms with van der Waals surface area (Å²) >= 11 is 0. The summed E-state index contributed by atoms with van der Waals surface area (Å²) in [6.45, 7) is 18.1. The van der Waals surface area contributed by atoms with Crippen molar-refractivity contribution in [3.8, 4) is 11.1 Å². The van der Waals surface area contributed by atoms with Crippen molar-refractivity contribution in [2.45, 2.75) is 62.3 Å². The average Bonchev–Trinajstić information content (AvgIpc) is 2.63. The fraction of sp³-hybridized carbons (Fsp3) is 0.450. The number of aromatic nitrogens is 1. The fourth-order valence-corrected chi connectivity index (χ4v) is 1.32. The summed E-state index contributed by atoms with van der Waals surface area (Å²) in [6.07, 6.45) is 1.79. The maximum atomic E-state index is 5.52. The van der Waals surface area contributed by atoms with Gasteiger partial charge < -0.3 is 5.73 Å². The monoisotopic (exact) mass is 304 g/mol. The molecule has 0 unspecified atom stereocenters. The molecule has 2 heteroatoms. The van der Waals surface area contributed by atoms with Crippen molar-refractivity contribution in [1.82, 2.24) is 4.98 Å². The van der Waals surface area contributed by atoms with E-state index in [2.05, 4.69) is 36.2 Å². The number of nitrogens with two attached hydrogens (primary N) is 1. The summed E-state index contributed by atoms with van der Waals surface area (Å²) in [5, 5.41) is 0. The fourth-order valence-electron chi connectivity index (χ4n) is 1.32. The van der Waals surface area contributed by atoms with Crippen molar-refractivity contribution in [3.63, 3.8) is 0 Å². The summed E-state index contributed by atoms with van der Waals surface area (Å²) in [5.41, 5.74) is 9.05. The molecule has 0 fully saturated rings. The van der Waals surface area contributed by atoms with E-state index in [4.69, 9.17) is 5.73 Å². The zero-order valence-electron chi connectivity index (χ0n) is 16.1. The molecule has 0 saturated carbocycles. The molecule has 0 radical (unpaired) electrons. The van der Waals surface area contributed by atoms with Crippen molar-refractivity contribution in [2.75, 3.05) is 5.73 Å². The lowest BCUT2D eigenvalue weighted by atomic mass is 10.1. The molecule has 1 aromatic carbocycles. The zero-order chi connectivity index (χ0) is 18.0. The summed E-state index contributed by atoms with van der Waals surface area (Å²) < 4.78 is 0. The highest BCUT2D eigenvalue weighted by Gasteiger charge is 1.96. The third-order valence-electron chi connectivity index (χ3n) is 2.17. The molecule has 126 valence electrons. The molecule has 0 aliphatic rings. The molecule has 2 rings (SSSR count).